The van der Waals surface area contributed by atoms with Crippen molar-refractivity contribution in [3.63, 3.8) is 0 Å². The Morgan fingerprint density at radius 2 is 1.85 bits per heavy atom. The molecule has 0 aromatic rings. The van der Waals surface area contributed by atoms with Crippen molar-refractivity contribution in [3.05, 3.63) is 0 Å². The predicted octanol–water partition coefficient (Wildman–Crippen LogP) is 2.42. The molecule has 3 atom stereocenters. The molecule has 0 aromatic heterocycles. The van der Waals surface area contributed by atoms with E-state index in [1.807, 2.05) is 18.9 Å². The first kappa shape index (κ1) is 22.6. The second kappa shape index (κ2) is 12.8. The first-order chi connectivity index (χ1) is 12.4. The molecule has 1 saturated heterocycles. The number of likely N-dealkylation sites (N-methyl/N-ethyl adjacent to an activating group) is 1. The van der Waals surface area contributed by atoms with Crippen LogP contribution in [0.3, 0.4) is 0 Å². The molecule has 26 heavy (non-hydrogen) atoms. The van der Waals surface area contributed by atoms with Crippen LogP contribution in [-0.2, 0) is 4.79 Å². The van der Waals surface area contributed by atoms with Gasteiger partial charge in [-0.15, -0.1) is 0 Å². The van der Waals surface area contributed by atoms with E-state index in [0.717, 1.165) is 25.8 Å². The van der Waals surface area contributed by atoms with Crippen LogP contribution in [0.1, 0.15) is 71.1 Å². The molecule has 7 nitrogen and oxygen atoms in total. The summed E-state index contributed by atoms with van der Waals surface area (Å²) in [5.74, 6) is -0.0289. The van der Waals surface area contributed by atoms with Crippen LogP contribution in [0.5, 0.6) is 0 Å². The van der Waals surface area contributed by atoms with Gasteiger partial charge in [-0.2, -0.15) is 5.10 Å². The predicted molar refractivity (Wildman–Crippen MR) is 104 cm³/mol. The second-order valence-corrected chi connectivity index (χ2v) is 7.46. The van der Waals surface area contributed by atoms with Gasteiger partial charge in [0, 0.05) is 12.6 Å². The van der Waals surface area contributed by atoms with E-state index < -0.39 is 18.2 Å². The molecule has 150 valence electrons. The Labute approximate surface area is 157 Å². The highest BCUT2D eigenvalue weighted by atomic mass is 16.3. The Kier molecular flexibility index (Phi) is 11.1. The number of hydrogen-bond acceptors (Lipinski definition) is 5. The largest absolute Gasteiger partial charge is 0.391 e. The van der Waals surface area contributed by atoms with Gasteiger partial charge in [-0.25, -0.2) is 10.2 Å². The van der Waals surface area contributed by atoms with Crippen LogP contribution in [0.15, 0.2) is 5.10 Å². The number of ketones is 1. The monoisotopic (exact) mass is 368 g/mol. The minimum atomic E-state index is -0.766. The van der Waals surface area contributed by atoms with E-state index in [0.29, 0.717) is 12.8 Å². The topological polar surface area (TPSA) is 108 Å². The molecule has 2 amide bonds. The lowest BCUT2D eigenvalue weighted by molar-refractivity contribution is -0.129. The van der Waals surface area contributed by atoms with E-state index in [1.165, 1.54) is 38.3 Å². The van der Waals surface area contributed by atoms with Crippen molar-refractivity contribution >= 4 is 18.0 Å². The maximum atomic E-state index is 12.8. The van der Waals surface area contributed by atoms with E-state index in [2.05, 4.69) is 10.5 Å². The lowest BCUT2D eigenvalue weighted by Gasteiger charge is -2.33. The first-order valence-electron chi connectivity index (χ1n) is 9.91. The van der Waals surface area contributed by atoms with Gasteiger partial charge in [-0.05, 0) is 38.8 Å². The number of aliphatic hydroxyl groups is 1. The summed E-state index contributed by atoms with van der Waals surface area (Å²) in [4.78, 5) is 25.4. The molecule has 1 aliphatic rings. The van der Waals surface area contributed by atoms with Crippen LogP contribution in [0.4, 0.5) is 4.79 Å². The average molecular weight is 369 g/mol. The van der Waals surface area contributed by atoms with Gasteiger partial charge < -0.3 is 10.8 Å². The number of nitrogens with two attached hydrogens (primary N) is 1. The van der Waals surface area contributed by atoms with Crippen LogP contribution in [0.25, 0.3) is 0 Å². The lowest BCUT2D eigenvalue weighted by Crippen LogP contribution is -2.50. The molecular formula is C19H36N4O3. The maximum Gasteiger partial charge on any atom is 0.332 e. The first-order valence-corrected chi connectivity index (χ1v) is 9.91. The smallest absolute Gasteiger partial charge is 0.332 e. The van der Waals surface area contributed by atoms with Gasteiger partial charge in [0.25, 0.3) is 0 Å². The van der Waals surface area contributed by atoms with Gasteiger partial charge in [-0.3, -0.25) is 9.69 Å². The number of carbonyl (C=O) groups is 2. The zero-order valence-corrected chi connectivity index (χ0v) is 16.3. The van der Waals surface area contributed by atoms with Crippen LogP contribution in [-0.4, -0.2) is 53.8 Å². The summed E-state index contributed by atoms with van der Waals surface area (Å²) in [6, 6.07) is -1.21. The van der Waals surface area contributed by atoms with Gasteiger partial charge in [-0.1, -0.05) is 45.4 Å². The summed E-state index contributed by atoms with van der Waals surface area (Å²) < 4.78 is 0. The van der Waals surface area contributed by atoms with Crippen LogP contribution < -0.4 is 11.2 Å². The molecule has 4 N–H and O–H groups in total. The summed E-state index contributed by atoms with van der Waals surface area (Å²) in [5, 5.41) is 14.5. The SMILES string of the molecule is C[C@H](C/C=N/NC(N)=O)C(O)[C@H]1C(=O)CCCCCCCCCCN1C. The summed E-state index contributed by atoms with van der Waals surface area (Å²) in [5.41, 5.74) is 7.09. The Morgan fingerprint density at radius 1 is 1.27 bits per heavy atom. The maximum absolute atomic E-state index is 12.8. The highest BCUT2D eigenvalue weighted by molar-refractivity contribution is 5.84. The molecule has 1 aliphatic heterocycles. The number of rotatable bonds is 5. The normalized spacial score (nSPS) is 24.3. The third-order valence-electron chi connectivity index (χ3n) is 5.14. The number of carbonyl (C=O) groups excluding carboxylic acids is 2. The number of aliphatic hydroxyl groups excluding tert-OH is 1. The van der Waals surface area contributed by atoms with Crippen molar-refractivity contribution in [2.45, 2.75) is 83.3 Å². The van der Waals surface area contributed by atoms with Crippen molar-refractivity contribution < 1.29 is 14.7 Å². The quantitative estimate of drug-likeness (QED) is 0.511. The summed E-state index contributed by atoms with van der Waals surface area (Å²) in [6.45, 7) is 2.71. The van der Waals surface area contributed by atoms with Crippen molar-refractivity contribution in [1.29, 1.82) is 0 Å². The molecule has 1 rings (SSSR count). The molecule has 0 aromatic carbocycles. The molecule has 1 unspecified atom stereocenters. The minimum absolute atomic E-state index is 0.123. The summed E-state index contributed by atoms with van der Waals surface area (Å²) in [6.07, 6.45) is 10.9. The van der Waals surface area contributed by atoms with E-state index in [4.69, 9.17) is 5.73 Å². The summed E-state index contributed by atoms with van der Waals surface area (Å²) in [7, 11) is 1.93. The number of urea groups is 1. The van der Waals surface area contributed by atoms with Crippen LogP contribution >= 0.6 is 0 Å². The van der Waals surface area contributed by atoms with Gasteiger partial charge in [0.2, 0.25) is 0 Å². The zero-order valence-electron chi connectivity index (χ0n) is 16.3. The highest BCUT2D eigenvalue weighted by Gasteiger charge is 2.33. The number of hydrogen-bond donors (Lipinski definition) is 3. The van der Waals surface area contributed by atoms with E-state index >= 15 is 0 Å². The molecule has 7 heteroatoms. The fourth-order valence-corrected chi connectivity index (χ4v) is 3.48. The van der Waals surface area contributed by atoms with Gasteiger partial charge >= 0.3 is 6.03 Å². The lowest BCUT2D eigenvalue weighted by atomic mass is 9.90. The molecule has 0 radical (unpaired) electrons. The molecular weight excluding hydrogens is 332 g/mol. The Morgan fingerprint density at radius 3 is 2.46 bits per heavy atom. The Hall–Kier alpha value is -1.47. The highest BCUT2D eigenvalue weighted by Crippen LogP contribution is 2.20. The van der Waals surface area contributed by atoms with Gasteiger partial charge in [0.15, 0.2) is 5.78 Å². The van der Waals surface area contributed by atoms with Crippen LogP contribution in [0.2, 0.25) is 0 Å². The van der Waals surface area contributed by atoms with Crippen molar-refractivity contribution in [3.8, 4) is 0 Å². The number of amides is 2. The Balaban J connectivity index is 2.70. The van der Waals surface area contributed by atoms with E-state index in [9.17, 15) is 14.7 Å². The third-order valence-corrected chi connectivity index (χ3v) is 5.14. The number of primary amides is 1. The molecule has 0 bridgehead atoms. The molecule has 0 saturated carbocycles. The van der Waals surface area contributed by atoms with E-state index in [-0.39, 0.29) is 11.7 Å². The second-order valence-electron chi connectivity index (χ2n) is 7.46. The van der Waals surface area contributed by atoms with Crippen molar-refractivity contribution in [2.24, 2.45) is 16.8 Å². The molecule has 1 heterocycles. The van der Waals surface area contributed by atoms with Crippen molar-refractivity contribution in [1.82, 2.24) is 10.3 Å². The number of nitrogens with zero attached hydrogens (tertiary/aromatic N) is 2. The standard InChI is InChI=1S/C19H36N4O3/c1-15(12-13-21-22-19(20)26)18(25)17-16(24)11-9-7-5-3-4-6-8-10-14-23(17)2/h13,15,17-18,25H,3-12,14H2,1-2H3,(H3,20,22,26)/b21-13+/t15-,17-,18?/m1/s1. The fraction of sp³-hybridized carbons (Fsp3) is 0.842. The number of hydrazone groups is 1. The fourth-order valence-electron chi connectivity index (χ4n) is 3.48. The molecule has 0 aliphatic carbocycles. The van der Waals surface area contributed by atoms with Gasteiger partial charge in [0.1, 0.15) is 0 Å². The molecule has 0 spiro atoms. The Bertz CT molecular complexity index is 456. The average Bonchev–Trinajstić information content (AvgIpc) is 2.60. The van der Waals surface area contributed by atoms with E-state index in [1.54, 1.807) is 0 Å². The van der Waals surface area contributed by atoms with Crippen LogP contribution in [0, 0.1) is 5.92 Å². The zero-order chi connectivity index (χ0) is 19.4. The summed E-state index contributed by atoms with van der Waals surface area (Å²) >= 11 is 0. The number of Topliss-reactive ketones (excluding diaryl/α,β-unsaturated/α-hetero) is 1. The molecule has 1 fully saturated rings. The number of nitrogens with one attached hydrogen (secondary N) is 1. The van der Waals surface area contributed by atoms with Gasteiger partial charge in [0.05, 0.1) is 12.1 Å². The third kappa shape index (κ3) is 8.76. The minimum Gasteiger partial charge on any atom is -0.391 e. The van der Waals surface area contributed by atoms with Crippen molar-refractivity contribution in [2.75, 3.05) is 13.6 Å².